The fourth-order valence-corrected chi connectivity index (χ4v) is 3.63. The first-order valence-corrected chi connectivity index (χ1v) is 7.94. The zero-order valence-electron chi connectivity index (χ0n) is 10.5. The summed E-state index contributed by atoms with van der Waals surface area (Å²) in [4.78, 5) is 14.5. The summed E-state index contributed by atoms with van der Waals surface area (Å²) in [5.41, 5.74) is 0.759. The second kappa shape index (κ2) is 6.20. The maximum Gasteiger partial charge on any atom is 0.255 e. The molecule has 1 aromatic carbocycles. The normalized spacial score (nSPS) is 19.9. The number of amides is 1. The molecule has 1 heterocycles. The lowest BCUT2D eigenvalue weighted by Crippen LogP contribution is -2.39. The Bertz CT molecular complexity index is 447. The number of rotatable bonds is 2. The predicted octanol–water partition coefficient (Wildman–Crippen LogP) is 4.47. The number of halogens is 2. The van der Waals surface area contributed by atoms with Crippen LogP contribution in [0.15, 0.2) is 27.1 Å². The Morgan fingerprint density at radius 1 is 1.44 bits per heavy atom. The Balaban J connectivity index is 2.15. The molecule has 1 amide bonds. The van der Waals surface area contributed by atoms with Crippen LogP contribution >= 0.6 is 31.9 Å². The van der Waals surface area contributed by atoms with Crippen LogP contribution in [0, 0.1) is 5.92 Å². The molecular formula is C14H17Br2NO. The van der Waals surface area contributed by atoms with E-state index in [1.54, 1.807) is 0 Å². The van der Waals surface area contributed by atoms with Crippen molar-refractivity contribution in [3.8, 4) is 0 Å². The summed E-state index contributed by atoms with van der Waals surface area (Å²) in [6, 6.07) is 5.72. The number of carbonyl (C=O) groups is 1. The van der Waals surface area contributed by atoms with Crippen molar-refractivity contribution in [3.05, 3.63) is 32.7 Å². The Morgan fingerprint density at radius 3 is 2.89 bits per heavy atom. The van der Waals surface area contributed by atoms with Crippen molar-refractivity contribution in [1.29, 1.82) is 0 Å². The summed E-state index contributed by atoms with van der Waals surface area (Å²) >= 11 is 6.88. The largest absolute Gasteiger partial charge is 0.338 e. The van der Waals surface area contributed by atoms with Crippen LogP contribution in [0.25, 0.3) is 0 Å². The molecule has 0 spiro atoms. The van der Waals surface area contributed by atoms with Gasteiger partial charge >= 0.3 is 0 Å². The van der Waals surface area contributed by atoms with E-state index in [1.807, 2.05) is 23.1 Å². The van der Waals surface area contributed by atoms with Gasteiger partial charge in [-0.15, -0.1) is 0 Å². The highest BCUT2D eigenvalue weighted by Gasteiger charge is 2.24. The zero-order valence-corrected chi connectivity index (χ0v) is 13.6. The van der Waals surface area contributed by atoms with E-state index in [0.717, 1.165) is 40.4 Å². The van der Waals surface area contributed by atoms with E-state index in [4.69, 9.17) is 0 Å². The molecule has 1 unspecified atom stereocenters. The molecule has 0 aliphatic carbocycles. The van der Waals surface area contributed by atoms with Gasteiger partial charge in [-0.05, 0) is 52.9 Å². The summed E-state index contributed by atoms with van der Waals surface area (Å²) in [6.07, 6.45) is 3.53. The van der Waals surface area contributed by atoms with Crippen LogP contribution in [0.1, 0.15) is 36.5 Å². The number of carbonyl (C=O) groups excluding carboxylic acids is 1. The SMILES string of the molecule is CCC1CCCN(C(=O)c2ccc(Br)cc2Br)C1. The first-order valence-electron chi connectivity index (χ1n) is 6.36. The molecule has 1 aliphatic rings. The van der Waals surface area contributed by atoms with Gasteiger partial charge in [0.05, 0.1) is 5.56 Å². The fourth-order valence-electron chi connectivity index (χ4n) is 2.42. The van der Waals surface area contributed by atoms with Crippen molar-refractivity contribution in [2.45, 2.75) is 26.2 Å². The number of piperidine rings is 1. The lowest BCUT2D eigenvalue weighted by molar-refractivity contribution is 0.0670. The molecule has 1 saturated heterocycles. The average Bonchev–Trinajstić information content (AvgIpc) is 2.38. The molecule has 1 fully saturated rings. The van der Waals surface area contributed by atoms with E-state index in [9.17, 15) is 4.79 Å². The van der Waals surface area contributed by atoms with E-state index >= 15 is 0 Å². The number of benzene rings is 1. The Labute approximate surface area is 125 Å². The van der Waals surface area contributed by atoms with Crippen molar-refractivity contribution in [2.75, 3.05) is 13.1 Å². The van der Waals surface area contributed by atoms with Crippen LogP contribution in [-0.2, 0) is 0 Å². The summed E-state index contributed by atoms with van der Waals surface area (Å²) in [5, 5.41) is 0. The highest BCUT2D eigenvalue weighted by atomic mass is 79.9. The van der Waals surface area contributed by atoms with Gasteiger partial charge in [0.15, 0.2) is 0 Å². The van der Waals surface area contributed by atoms with Gasteiger partial charge in [-0.1, -0.05) is 29.3 Å². The maximum absolute atomic E-state index is 12.5. The molecule has 1 aliphatic heterocycles. The first kappa shape index (κ1) is 14.1. The van der Waals surface area contributed by atoms with Crippen molar-refractivity contribution in [3.63, 3.8) is 0 Å². The molecule has 0 radical (unpaired) electrons. The molecule has 0 bridgehead atoms. The summed E-state index contributed by atoms with van der Waals surface area (Å²) < 4.78 is 1.84. The monoisotopic (exact) mass is 373 g/mol. The quantitative estimate of drug-likeness (QED) is 0.747. The van der Waals surface area contributed by atoms with Crippen molar-refractivity contribution in [2.24, 2.45) is 5.92 Å². The van der Waals surface area contributed by atoms with Gasteiger partial charge in [-0.25, -0.2) is 0 Å². The second-order valence-corrected chi connectivity index (χ2v) is 6.56. The summed E-state index contributed by atoms with van der Waals surface area (Å²) in [6.45, 7) is 3.99. The second-order valence-electron chi connectivity index (χ2n) is 4.79. The topological polar surface area (TPSA) is 20.3 Å². The van der Waals surface area contributed by atoms with Gasteiger partial charge in [0, 0.05) is 22.0 Å². The van der Waals surface area contributed by atoms with Gasteiger partial charge in [-0.3, -0.25) is 4.79 Å². The number of likely N-dealkylation sites (tertiary alicyclic amines) is 1. The van der Waals surface area contributed by atoms with Crippen molar-refractivity contribution in [1.82, 2.24) is 4.90 Å². The molecule has 1 aromatic rings. The smallest absolute Gasteiger partial charge is 0.255 e. The van der Waals surface area contributed by atoms with Crippen molar-refractivity contribution >= 4 is 37.8 Å². The van der Waals surface area contributed by atoms with E-state index in [1.165, 1.54) is 6.42 Å². The van der Waals surface area contributed by atoms with Crippen LogP contribution in [0.2, 0.25) is 0 Å². The van der Waals surface area contributed by atoms with Crippen molar-refractivity contribution < 1.29 is 4.79 Å². The van der Waals surface area contributed by atoms with Gasteiger partial charge in [0.1, 0.15) is 0 Å². The molecule has 2 rings (SSSR count). The Kier molecular flexibility index (Phi) is 4.84. The third-order valence-electron chi connectivity index (χ3n) is 3.55. The average molecular weight is 375 g/mol. The Hall–Kier alpha value is -0.350. The van der Waals surface area contributed by atoms with Gasteiger partial charge < -0.3 is 4.90 Å². The van der Waals surface area contributed by atoms with E-state index in [-0.39, 0.29) is 5.91 Å². The standard InChI is InChI=1S/C14H17Br2NO/c1-2-10-4-3-7-17(9-10)14(18)12-6-5-11(15)8-13(12)16/h5-6,8,10H,2-4,7,9H2,1H3. The summed E-state index contributed by atoms with van der Waals surface area (Å²) in [5.74, 6) is 0.810. The summed E-state index contributed by atoms with van der Waals surface area (Å²) in [7, 11) is 0. The number of hydrogen-bond donors (Lipinski definition) is 0. The molecule has 1 atom stereocenters. The minimum absolute atomic E-state index is 0.146. The first-order chi connectivity index (χ1) is 8.61. The highest BCUT2D eigenvalue weighted by molar-refractivity contribution is 9.11. The highest BCUT2D eigenvalue weighted by Crippen LogP contribution is 2.26. The lowest BCUT2D eigenvalue weighted by atomic mass is 9.95. The number of nitrogens with zero attached hydrogens (tertiary/aromatic N) is 1. The van der Waals surface area contributed by atoms with E-state index in [2.05, 4.69) is 38.8 Å². The number of hydrogen-bond acceptors (Lipinski definition) is 1. The van der Waals surface area contributed by atoms with E-state index in [0.29, 0.717) is 5.92 Å². The third kappa shape index (κ3) is 3.15. The Morgan fingerprint density at radius 2 is 2.22 bits per heavy atom. The molecule has 2 nitrogen and oxygen atoms in total. The molecule has 98 valence electrons. The predicted molar refractivity (Wildman–Crippen MR) is 80.8 cm³/mol. The molecule has 18 heavy (non-hydrogen) atoms. The molecule has 0 saturated carbocycles. The van der Waals surface area contributed by atoms with Crippen LogP contribution in [0.5, 0.6) is 0 Å². The lowest BCUT2D eigenvalue weighted by Gasteiger charge is -2.32. The van der Waals surface area contributed by atoms with Crippen LogP contribution in [0.3, 0.4) is 0 Å². The van der Waals surface area contributed by atoms with Crippen LogP contribution in [-0.4, -0.2) is 23.9 Å². The maximum atomic E-state index is 12.5. The zero-order chi connectivity index (χ0) is 13.1. The van der Waals surface area contributed by atoms with Gasteiger partial charge in [0.2, 0.25) is 0 Å². The molecule has 4 heteroatoms. The van der Waals surface area contributed by atoms with Gasteiger partial charge in [0.25, 0.3) is 5.91 Å². The van der Waals surface area contributed by atoms with Crippen LogP contribution in [0.4, 0.5) is 0 Å². The minimum Gasteiger partial charge on any atom is -0.338 e. The molecule has 0 aromatic heterocycles. The van der Waals surface area contributed by atoms with Crippen LogP contribution < -0.4 is 0 Å². The molecule has 0 N–H and O–H groups in total. The van der Waals surface area contributed by atoms with Gasteiger partial charge in [-0.2, -0.15) is 0 Å². The minimum atomic E-state index is 0.146. The third-order valence-corrected chi connectivity index (χ3v) is 4.69. The van der Waals surface area contributed by atoms with E-state index < -0.39 is 0 Å². The fraction of sp³-hybridized carbons (Fsp3) is 0.500. The molecular weight excluding hydrogens is 358 g/mol.